The molecule has 12 rings (SSSR count). The molecule has 61 heavy (non-hydrogen) atoms. The van der Waals surface area contributed by atoms with E-state index in [-0.39, 0.29) is 11.8 Å². The normalized spacial score (nSPS) is 16.4. The summed E-state index contributed by atoms with van der Waals surface area (Å²) in [6, 6.07) is 65.4. The van der Waals surface area contributed by atoms with Crippen LogP contribution in [0, 0.1) is 5.92 Å². The molecule has 2 heterocycles. The molecule has 2 atom stereocenters. The number of rotatable bonds is 6. The Labute approximate surface area is 353 Å². The Hall–Kier alpha value is -7.96. The first-order chi connectivity index (χ1) is 30.2. The van der Waals surface area contributed by atoms with E-state index in [4.69, 9.17) is 29.9 Å². The van der Waals surface area contributed by atoms with Crippen molar-refractivity contribution in [1.29, 1.82) is 0 Å². The Morgan fingerprint density at radius 1 is 0.344 bits per heavy atom. The average molecular weight is 781 g/mol. The van der Waals surface area contributed by atoms with Crippen molar-refractivity contribution < 1.29 is 0 Å². The van der Waals surface area contributed by atoms with E-state index in [1.165, 1.54) is 33.4 Å². The third-order valence-corrected chi connectivity index (χ3v) is 12.5. The minimum Gasteiger partial charge on any atom is -0.208 e. The maximum Gasteiger partial charge on any atom is 0.164 e. The van der Waals surface area contributed by atoms with Gasteiger partial charge in [-0.15, -0.1) is 0 Å². The zero-order chi connectivity index (χ0) is 40.3. The van der Waals surface area contributed by atoms with Gasteiger partial charge >= 0.3 is 0 Å². The van der Waals surface area contributed by atoms with Gasteiger partial charge in [-0.25, -0.2) is 29.9 Å². The highest BCUT2D eigenvalue weighted by atomic mass is 15.0. The lowest BCUT2D eigenvalue weighted by molar-refractivity contribution is 0.466. The highest BCUT2D eigenvalue weighted by Gasteiger charge is 2.57. The van der Waals surface area contributed by atoms with Crippen LogP contribution in [-0.2, 0) is 5.41 Å². The Balaban J connectivity index is 1.07. The van der Waals surface area contributed by atoms with Crippen molar-refractivity contribution in [2.45, 2.75) is 11.3 Å². The molecule has 0 aliphatic heterocycles. The van der Waals surface area contributed by atoms with Gasteiger partial charge in [0.25, 0.3) is 0 Å². The molecule has 0 fully saturated rings. The van der Waals surface area contributed by atoms with Crippen LogP contribution in [0.3, 0.4) is 0 Å². The van der Waals surface area contributed by atoms with Gasteiger partial charge in [-0.3, -0.25) is 0 Å². The van der Waals surface area contributed by atoms with E-state index >= 15 is 0 Å². The molecule has 286 valence electrons. The highest BCUT2D eigenvalue weighted by Crippen LogP contribution is 2.66. The first-order valence-electron chi connectivity index (χ1n) is 20.7. The van der Waals surface area contributed by atoms with Crippen molar-refractivity contribution in [2.24, 2.45) is 5.92 Å². The second-order valence-electron chi connectivity index (χ2n) is 15.8. The van der Waals surface area contributed by atoms with Gasteiger partial charge < -0.3 is 0 Å². The van der Waals surface area contributed by atoms with Crippen molar-refractivity contribution in [2.75, 3.05) is 0 Å². The highest BCUT2D eigenvalue weighted by molar-refractivity contribution is 5.87. The number of allylic oxidation sites excluding steroid dienone is 4. The van der Waals surface area contributed by atoms with Gasteiger partial charge in [0.1, 0.15) is 0 Å². The number of aromatic nitrogens is 6. The average Bonchev–Trinajstić information content (AvgIpc) is 3.81. The van der Waals surface area contributed by atoms with Crippen LogP contribution < -0.4 is 0 Å². The number of nitrogens with zero attached hydrogens (tertiary/aromatic N) is 6. The number of fused-ring (bicyclic) bond motifs is 10. The second-order valence-corrected chi connectivity index (χ2v) is 15.8. The zero-order valence-corrected chi connectivity index (χ0v) is 33.0. The van der Waals surface area contributed by atoms with Crippen molar-refractivity contribution in [3.05, 3.63) is 234 Å². The lowest BCUT2D eigenvalue weighted by Gasteiger charge is -2.36. The predicted molar refractivity (Wildman–Crippen MR) is 242 cm³/mol. The summed E-state index contributed by atoms with van der Waals surface area (Å²) in [6.07, 6.45) is 7.04. The van der Waals surface area contributed by atoms with E-state index < -0.39 is 5.41 Å². The smallest absolute Gasteiger partial charge is 0.164 e. The van der Waals surface area contributed by atoms with E-state index in [1.54, 1.807) is 0 Å². The largest absolute Gasteiger partial charge is 0.208 e. The van der Waals surface area contributed by atoms with Crippen molar-refractivity contribution in [3.8, 4) is 68.1 Å². The number of benzene rings is 7. The van der Waals surface area contributed by atoms with Crippen molar-refractivity contribution in [3.63, 3.8) is 0 Å². The summed E-state index contributed by atoms with van der Waals surface area (Å²) in [4.78, 5) is 30.6. The molecule has 2 unspecified atom stereocenters. The third-order valence-electron chi connectivity index (χ3n) is 12.5. The van der Waals surface area contributed by atoms with E-state index in [0.29, 0.717) is 34.9 Å². The zero-order valence-electron chi connectivity index (χ0n) is 33.0. The number of hydrogen-bond donors (Lipinski definition) is 0. The van der Waals surface area contributed by atoms with Crippen LogP contribution in [-0.4, -0.2) is 29.9 Å². The summed E-state index contributed by atoms with van der Waals surface area (Å²) in [7, 11) is 0. The van der Waals surface area contributed by atoms with Crippen LogP contribution in [0.25, 0.3) is 73.6 Å². The molecule has 0 N–H and O–H groups in total. The van der Waals surface area contributed by atoms with E-state index in [1.807, 2.05) is 97.1 Å². The SMILES string of the molecule is C1=CC2C(C=C1c1nc(-c3ccccc3)nc(-c3ccccc3)n1)c1cc(-c3nc(-c4ccccc4)nc(-c4ccccc4)n3)ccc1C21c2ccccc2-c2ccccc21. The third kappa shape index (κ3) is 5.64. The fourth-order valence-corrected chi connectivity index (χ4v) is 9.84. The molecule has 6 nitrogen and oxygen atoms in total. The Bertz CT molecular complexity index is 3040. The molecule has 9 aromatic rings. The maximum atomic E-state index is 5.16. The minimum absolute atomic E-state index is 0.0182. The molecule has 0 radical (unpaired) electrons. The van der Waals surface area contributed by atoms with Crippen LogP contribution in [0.5, 0.6) is 0 Å². The van der Waals surface area contributed by atoms with Crippen LogP contribution in [0.4, 0.5) is 0 Å². The predicted octanol–water partition coefficient (Wildman–Crippen LogP) is 12.1. The Morgan fingerprint density at radius 2 is 0.738 bits per heavy atom. The molecule has 2 aromatic heterocycles. The van der Waals surface area contributed by atoms with Gasteiger partial charge in [0.15, 0.2) is 34.9 Å². The lowest BCUT2D eigenvalue weighted by Crippen LogP contribution is -2.33. The summed E-state index contributed by atoms with van der Waals surface area (Å²) < 4.78 is 0. The molecule has 0 saturated heterocycles. The quantitative estimate of drug-likeness (QED) is 0.167. The van der Waals surface area contributed by atoms with E-state index in [0.717, 1.165) is 33.4 Å². The van der Waals surface area contributed by atoms with Crippen LogP contribution in [0.2, 0.25) is 0 Å². The fraction of sp³-hybridized carbons (Fsp3) is 0.0545. The van der Waals surface area contributed by atoms with Gasteiger partial charge in [-0.2, -0.15) is 0 Å². The van der Waals surface area contributed by atoms with Gasteiger partial charge in [-0.1, -0.05) is 200 Å². The standard InChI is InChI=1S/C55H36N6/c1-5-17-35(18-6-1)49-56-50(36-19-7-2-8-20-36)59-53(58-49)39-29-31-47-43(33-39)44-34-40(30-32-48(44)55(47)45-27-15-13-25-41(45)42-26-14-16-28-46(42)55)54-60-51(37-21-9-3-10-22-37)57-52(61-54)38-23-11-4-12-24-38/h1-34,43,47H. The van der Waals surface area contributed by atoms with Crippen LogP contribution in [0.1, 0.15) is 34.0 Å². The minimum atomic E-state index is -0.419. The topological polar surface area (TPSA) is 77.3 Å². The molecule has 3 aliphatic carbocycles. The molecule has 7 aromatic carbocycles. The summed E-state index contributed by atoms with van der Waals surface area (Å²) >= 11 is 0. The van der Waals surface area contributed by atoms with Crippen LogP contribution in [0.15, 0.2) is 206 Å². The molecule has 0 saturated carbocycles. The Morgan fingerprint density at radius 3 is 1.20 bits per heavy atom. The maximum absolute atomic E-state index is 5.16. The lowest BCUT2D eigenvalue weighted by atomic mass is 9.65. The summed E-state index contributed by atoms with van der Waals surface area (Å²) in [5, 5.41) is 0. The molecular formula is C55H36N6. The molecule has 1 spiro atoms. The first kappa shape index (κ1) is 35.0. The fourth-order valence-electron chi connectivity index (χ4n) is 9.84. The van der Waals surface area contributed by atoms with Crippen molar-refractivity contribution in [1.82, 2.24) is 29.9 Å². The van der Waals surface area contributed by atoms with Crippen LogP contribution >= 0.6 is 0 Å². The van der Waals surface area contributed by atoms with Crippen molar-refractivity contribution >= 4 is 5.57 Å². The monoisotopic (exact) mass is 780 g/mol. The van der Waals surface area contributed by atoms with Gasteiger partial charge in [0.05, 0.1) is 5.41 Å². The molecule has 0 bridgehead atoms. The molecule has 0 amide bonds. The van der Waals surface area contributed by atoms with E-state index in [9.17, 15) is 0 Å². The summed E-state index contributed by atoms with van der Waals surface area (Å²) in [5.41, 5.74) is 13.0. The van der Waals surface area contributed by atoms with Gasteiger partial charge in [0, 0.05) is 45.2 Å². The van der Waals surface area contributed by atoms with Gasteiger partial charge in [-0.05, 0) is 39.4 Å². The molecule has 6 heteroatoms. The van der Waals surface area contributed by atoms with Gasteiger partial charge in [0.2, 0.25) is 0 Å². The number of hydrogen-bond acceptors (Lipinski definition) is 6. The van der Waals surface area contributed by atoms with E-state index in [2.05, 4.69) is 109 Å². The summed E-state index contributed by atoms with van der Waals surface area (Å²) in [5.74, 6) is 3.90. The molecular weight excluding hydrogens is 745 g/mol. The second kappa shape index (κ2) is 14.1. The Kier molecular flexibility index (Phi) is 8.10. The summed E-state index contributed by atoms with van der Waals surface area (Å²) in [6.45, 7) is 0. The molecule has 3 aliphatic rings. The first-order valence-corrected chi connectivity index (χ1v) is 20.7.